The van der Waals surface area contributed by atoms with Crippen molar-refractivity contribution >= 4 is 57.0 Å². The number of thioether (sulfide) groups is 1. The molecule has 5 aromatic rings. The van der Waals surface area contributed by atoms with E-state index in [-0.39, 0.29) is 11.3 Å². The van der Waals surface area contributed by atoms with Crippen molar-refractivity contribution < 1.29 is 19.4 Å². The lowest BCUT2D eigenvalue weighted by atomic mass is 10.00. The van der Waals surface area contributed by atoms with E-state index in [1.165, 1.54) is 39.3 Å². The molecule has 0 radical (unpaired) electrons. The van der Waals surface area contributed by atoms with Crippen LogP contribution < -0.4 is 9.64 Å². The Labute approximate surface area is 255 Å². The quantitative estimate of drug-likeness (QED) is 0.0610. The lowest BCUT2D eigenvalue weighted by Crippen LogP contribution is -2.29. The SMILES string of the molecule is Cc1ccccc1COc1ccc(C(O)=C2C(=O)C(=O)N(c3nnc(SCc4ccccc4)s3)C2c2cccs2)cc1. The number of nitrogens with zero attached hydrogens (tertiary/aromatic N) is 3. The summed E-state index contributed by atoms with van der Waals surface area (Å²) < 4.78 is 6.62. The lowest BCUT2D eigenvalue weighted by Gasteiger charge is -2.20. The number of hydrogen-bond acceptors (Lipinski definition) is 9. The summed E-state index contributed by atoms with van der Waals surface area (Å²) in [4.78, 5) is 28.9. The molecule has 0 spiro atoms. The Kier molecular flexibility index (Phi) is 8.18. The summed E-state index contributed by atoms with van der Waals surface area (Å²) in [5.74, 6) is -0.432. The van der Waals surface area contributed by atoms with E-state index in [9.17, 15) is 14.7 Å². The van der Waals surface area contributed by atoms with E-state index in [2.05, 4.69) is 10.2 Å². The molecule has 3 aromatic carbocycles. The number of aromatic nitrogens is 2. The first kappa shape index (κ1) is 27.9. The number of anilines is 1. The summed E-state index contributed by atoms with van der Waals surface area (Å²) in [5, 5.41) is 22.1. The fraction of sp³-hybridized carbons (Fsp3) is 0.125. The lowest BCUT2D eigenvalue weighted by molar-refractivity contribution is -0.132. The number of thiophene rings is 1. The third kappa shape index (κ3) is 5.74. The smallest absolute Gasteiger partial charge is 0.301 e. The number of carbonyl (C=O) groups is 2. The first-order valence-corrected chi connectivity index (χ1v) is 15.8. The van der Waals surface area contributed by atoms with Crippen LogP contribution in [0.3, 0.4) is 0 Å². The highest BCUT2D eigenvalue weighted by Crippen LogP contribution is 2.45. The van der Waals surface area contributed by atoms with E-state index >= 15 is 0 Å². The van der Waals surface area contributed by atoms with Gasteiger partial charge in [0.25, 0.3) is 5.78 Å². The molecule has 210 valence electrons. The molecule has 7 nitrogen and oxygen atoms in total. The minimum absolute atomic E-state index is 0.0183. The Bertz CT molecular complexity index is 1750. The maximum absolute atomic E-state index is 13.4. The number of carbonyl (C=O) groups excluding carboxylic acids is 2. The van der Waals surface area contributed by atoms with Gasteiger partial charge in [-0.1, -0.05) is 83.8 Å². The average molecular weight is 612 g/mol. The van der Waals surface area contributed by atoms with Gasteiger partial charge in [-0.05, 0) is 59.3 Å². The molecule has 10 heteroatoms. The highest BCUT2D eigenvalue weighted by atomic mass is 32.2. The van der Waals surface area contributed by atoms with Crippen LogP contribution in [0.15, 0.2) is 106 Å². The Morgan fingerprint density at radius 3 is 2.45 bits per heavy atom. The monoisotopic (exact) mass is 611 g/mol. The fourth-order valence-corrected chi connectivity index (χ4v) is 7.27. The van der Waals surface area contributed by atoms with Crippen LogP contribution >= 0.6 is 34.4 Å². The number of ether oxygens (including phenoxy) is 1. The third-order valence-electron chi connectivity index (χ3n) is 6.85. The van der Waals surface area contributed by atoms with Crippen molar-refractivity contribution in [2.24, 2.45) is 0 Å². The summed E-state index contributed by atoms with van der Waals surface area (Å²) >= 11 is 4.16. The maximum Gasteiger partial charge on any atom is 0.301 e. The molecule has 1 fully saturated rings. The molecule has 1 aliphatic rings. The Hall–Kier alpha value is -4.25. The normalized spacial score (nSPS) is 16.2. The molecule has 0 bridgehead atoms. The van der Waals surface area contributed by atoms with Crippen molar-refractivity contribution in [1.82, 2.24) is 10.2 Å². The predicted octanol–water partition coefficient (Wildman–Crippen LogP) is 7.41. The summed E-state index contributed by atoms with van der Waals surface area (Å²) in [6.45, 7) is 2.44. The Balaban J connectivity index is 1.27. The molecular formula is C32H25N3O4S3. The molecule has 6 rings (SSSR count). The number of ketones is 1. The molecule has 1 N–H and O–H groups in total. The number of hydrogen-bond donors (Lipinski definition) is 1. The van der Waals surface area contributed by atoms with E-state index in [0.717, 1.165) is 21.6 Å². The standard InChI is InChI=1S/C32H25N3O4S3/c1-20-8-5-6-11-23(20)18-39-24-15-13-22(14-16-24)28(36)26-27(25-12-7-17-40-25)35(30(38)29(26)37)31-33-34-32(42-31)41-19-21-9-3-2-4-10-21/h2-17,27,36H,18-19H2,1H3. The Morgan fingerprint density at radius 2 is 1.71 bits per heavy atom. The molecule has 0 aliphatic carbocycles. The molecule has 1 unspecified atom stereocenters. The van der Waals surface area contributed by atoms with Crippen LogP contribution in [0.4, 0.5) is 5.13 Å². The van der Waals surface area contributed by atoms with Gasteiger partial charge >= 0.3 is 5.91 Å². The number of aliphatic hydroxyl groups excluding tert-OH is 1. The number of Topliss-reactive ketones (excluding diaryl/α,β-unsaturated/α-hetero) is 1. The summed E-state index contributed by atoms with van der Waals surface area (Å²) in [5.41, 5.74) is 3.80. The van der Waals surface area contributed by atoms with Gasteiger partial charge in [-0.2, -0.15) is 0 Å². The number of aryl methyl sites for hydroxylation is 1. The van der Waals surface area contributed by atoms with Gasteiger partial charge in [0.15, 0.2) is 4.34 Å². The Morgan fingerprint density at radius 1 is 0.952 bits per heavy atom. The van der Waals surface area contributed by atoms with Crippen molar-refractivity contribution in [2.75, 3.05) is 4.90 Å². The van der Waals surface area contributed by atoms with E-state index in [0.29, 0.717) is 33.1 Å². The zero-order valence-electron chi connectivity index (χ0n) is 22.5. The topological polar surface area (TPSA) is 92.6 Å². The van der Waals surface area contributed by atoms with Gasteiger partial charge in [0.1, 0.15) is 24.2 Å². The average Bonchev–Trinajstić information content (AvgIpc) is 3.77. The van der Waals surface area contributed by atoms with Gasteiger partial charge in [0.2, 0.25) is 5.13 Å². The largest absolute Gasteiger partial charge is 0.507 e. The zero-order valence-corrected chi connectivity index (χ0v) is 24.9. The van der Waals surface area contributed by atoms with E-state index in [1.807, 2.05) is 79.0 Å². The van der Waals surface area contributed by atoms with Crippen molar-refractivity contribution in [2.45, 2.75) is 29.7 Å². The summed E-state index contributed by atoms with van der Waals surface area (Å²) in [6.07, 6.45) is 0. The minimum Gasteiger partial charge on any atom is -0.507 e. The van der Waals surface area contributed by atoms with Crippen LogP contribution in [0.5, 0.6) is 5.75 Å². The van der Waals surface area contributed by atoms with Crippen LogP contribution in [0.25, 0.3) is 5.76 Å². The summed E-state index contributed by atoms with van der Waals surface area (Å²) in [7, 11) is 0. The van der Waals surface area contributed by atoms with Gasteiger partial charge < -0.3 is 9.84 Å². The summed E-state index contributed by atoms with van der Waals surface area (Å²) in [6, 6.07) is 27.7. The van der Waals surface area contributed by atoms with Crippen LogP contribution in [0, 0.1) is 6.92 Å². The maximum atomic E-state index is 13.4. The van der Waals surface area contributed by atoms with Crippen molar-refractivity contribution in [1.29, 1.82) is 0 Å². The molecule has 1 saturated heterocycles. The molecule has 1 atom stereocenters. The van der Waals surface area contributed by atoms with E-state index in [4.69, 9.17) is 4.74 Å². The second-order valence-electron chi connectivity index (χ2n) is 9.55. The van der Waals surface area contributed by atoms with Crippen molar-refractivity contribution in [3.05, 3.63) is 129 Å². The van der Waals surface area contributed by atoms with E-state index < -0.39 is 17.7 Å². The molecule has 2 aromatic heterocycles. The molecular weight excluding hydrogens is 587 g/mol. The van der Waals surface area contributed by atoms with Gasteiger partial charge in [-0.3, -0.25) is 14.5 Å². The number of benzene rings is 3. The van der Waals surface area contributed by atoms with Crippen molar-refractivity contribution in [3.8, 4) is 5.75 Å². The van der Waals surface area contributed by atoms with Crippen LogP contribution in [-0.2, 0) is 21.9 Å². The second kappa shape index (κ2) is 12.3. The second-order valence-corrected chi connectivity index (χ2v) is 12.7. The van der Waals surface area contributed by atoms with E-state index in [1.54, 1.807) is 24.3 Å². The molecule has 42 heavy (non-hydrogen) atoms. The van der Waals surface area contributed by atoms with Crippen LogP contribution in [0.1, 0.15) is 33.2 Å². The molecule has 0 saturated carbocycles. The number of aliphatic hydroxyl groups is 1. The van der Waals surface area contributed by atoms with Crippen LogP contribution in [0.2, 0.25) is 0 Å². The van der Waals surface area contributed by atoms with Gasteiger partial charge in [-0.15, -0.1) is 21.5 Å². The first-order valence-electron chi connectivity index (χ1n) is 13.1. The fourth-order valence-electron chi connectivity index (χ4n) is 4.62. The first-order chi connectivity index (χ1) is 20.5. The molecule has 3 heterocycles. The van der Waals surface area contributed by atoms with Gasteiger partial charge in [0.05, 0.1) is 5.57 Å². The van der Waals surface area contributed by atoms with Gasteiger partial charge in [0, 0.05) is 16.2 Å². The predicted molar refractivity (Wildman–Crippen MR) is 167 cm³/mol. The third-order valence-corrected chi connectivity index (χ3v) is 9.90. The highest BCUT2D eigenvalue weighted by Gasteiger charge is 2.48. The number of amides is 1. The number of rotatable bonds is 9. The minimum atomic E-state index is -0.818. The van der Waals surface area contributed by atoms with Crippen molar-refractivity contribution in [3.63, 3.8) is 0 Å². The highest BCUT2D eigenvalue weighted by molar-refractivity contribution is 8.00. The van der Waals surface area contributed by atoms with Crippen LogP contribution in [-0.4, -0.2) is 27.0 Å². The van der Waals surface area contributed by atoms with Gasteiger partial charge in [-0.25, -0.2) is 0 Å². The molecule has 1 aliphatic heterocycles. The zero-order chi connectivity index (χ0) is 29.1. The molecule has 1 amide bonds.